The summed E-state index contributed by atoms with van der Waals surface area (Å²) in [6, 6.07) is 6.06. The number of nitrogens with zero attached hydrogens (tertiary/aromatic N) is 3. The zero-order valence-electron chi connectivity index (χ0n) is 17.7. The predicted octanol–water partition coefficient (Wildman–Crippen LogP) is 3.36. The highest BCUT2D eigenvalue weighted by Crippen LogP contribution is 2.29. The molecule has 1 atom stereocenters. The average molecular weight is 420 g/mol. The van der Waals surface area contributed by atoms with Crippen LogP contribution in [0.25, 0.3) is 0 Å². The second kappa shape index (κ2) is 8.28. The van der Waals surface area contributed by atoms with E-state index in [1.165, 1.54) is 4.31 Å². The Hall–Kier alpha value is -2.19. The first-order valence-corrected chi connectivity index (χ1v) is 11.4. The number of rotatable bonds is 5. The highest BCUT2D eigenvalue weighted by Gasteiger charge is 2.37. The van der Waals surface area contributed by atoms with Crippen molar-refractivity contribution >= 4 is 21.6 Å². The smallest absolute Gasteiger partial charge is 0.248 e. The number of benzene rings is 1. The van der Waals surface area contributed by atoms with Crippen LogP contribution in [-0.2, 0) is 14.8 Å². The summed E-state index contributed by atoms with van der Waals surface area (Å²) in [7, 11) is -3.75. The molecule has 1 aliphatic heterocycles. The highest BCUT2D eigenvalue weighted by atomic mass is 32.2. The van der Waals surface area contributed by atoms with E-state index in [2.05, 4.69) is 11.2 Å². The van der Waals surface area contributed by atoms with Gasteiger partial charge in [-0.25, -0.2) is 8.42 Å². The molecule has 0 aliphatic carbocycles. The Balaban J connectivity index is 1.85. The molecule has 29 heavy (non-hydrogen) atoms. The summed E-state index contributed by atoms with van der Waals surface area (Å²) in [4.78, 5) is 15.2. The number of piperidine rings is 1. The third-order valence-corrected chi connectivity index (χ3v) is 7.51. The van der Waals surface area contributed by atoms with E-state index in [1.54, 1.807) is 18.7 Å². The number of hydrogen-bond donors (Lipinski definition) is 0. The molecule has 0 spiro atoms. The van der Waals surface area contributed by atoms with Gasteiger partial charge in [-0.2, -0.15) is 4.31 Å². The molecule has 1 saturated heterocycles. The van der Waals surface area contributed by atoms with Crippen LogP contribution in [0.2, 0.25) is 0 Å². The normalized spacial score (nSPS) is 18.0. The number of hydrogen-bond acceptors (Lipinski definition) is 5. The molecule has 0 bridgehead atoms. The Bertz CT molecular complexity index is 973. The van der Waals surface area contributed by atoms with Gasteiger partial charge in [0.1, 0.15) is 10.6 Å². The molecule has 1 unspecified atom stereocenters. The van der Waals surface area contributed by atoms with E-state index in [-0.39, 0.29) is 29.0 Å². The summed E-state index contributed by atoms with van der Waals surface area (Å²) >= 11 is 0. The minimum Gasteiger partial charge on any atom is -0.360 e. The van der Waals surface area contributed by atoms with Crippen molar-refractivity contribution in [3.63, 3.8) is 0 Å². The van der Waals surface area contributed by atoms with Gasteiger partial charge < -0.3 is 9.42 Å². The van der Waals surface area contributed by atoms with Crippen LogP contribution in [0.3, 0.4) is 0 Å². The van der Waals surface area contributed by atoms with Gasteiger partial charge in [0, 0.05) is 25.3 Å². The zero-order valence-corrected chi connectivity index (χ0v) is 18.5. The van der Waals surface area contributed by atoms with Crippen molar-refractivity contribution in [1.82, 2.24) is 9.46 Å². The second-order valence-corrected chi connectivity index (χ2v) is 9.66. The van der Waals surface area contributed by atoms with Crippen LogP contribution in [-0.4, -0.2) is 43.4 Å². The third-order valence-electron chi connectivity index (χ3n) is 5.40. The van der Waals surface area contributed by atoms with Crippen molar-refractivity contribution in [1.29, 1.82) is 0 Å². The van der Waals surface area contributed by atoms with Crippen molar-refractivity contribution in [3.05, 3.63) is 40.8 Å². The molecule has 2 heterocycles. The Labute approximate surface area is 172 Å². The van der Waals surface area contributed by atoms with Gasteiger partial charge in [-0.3, -0.25) is 4.79 Å². The van der Waals surface area contributed by atoms with Crippen molar-refractivity contribution in [2.45, 2.75) is 52.4 Å². The molecule has 7 nitrogen and oxygen atoms in total. The molecule has 1 aromatic carbocycles. The molecule has 1 aromatic heterocycles. The Morgan fingerprint density at radius 1 is 1.21 bits per heavy atom. The van der Waals surface area contributed by atoms with Crippen LogP contribution >= 0.6 is 0 Å². The SMILES string of the molecule is CCN(C(=O)C1CCCN(S(=O)(=O)c2c(C)noc2C)C1)c1cc(C)cc(C)c1. The van der Waals surface area contributed by atoms with E-state index >= 15 is 0 Å². The summed E-state index contributed by atoms with van der Waals surface area (Å²) in [5.41, 5.74) is 3.40. The van der Waals surface area contributed by atoms with E-state index in [1.807, 2.05) is 32.9 Å². The maximum absolute atomic E-state index is 13.3. The molecule has 3 rings (SSSR count). The van der Waals surface area contributed by atoms with Gasteiger partial charge in [-0.05, 0) is 70.7 Å². The van der Waals surface area contributed by atoms with Crippen molar-refractivity contribution < 1.29 is 17.7 Å². The second-order valence-electron chi connectivity index (χ2n) is 7.78. The van der Waals surface area contributed by atoms with Crippen molar-refractivity contribution in [2.24, 2.45) is 5.92 Å². The fraction of sp³-hybridized carbons (Fsp3) is 0.524. The number of carbonyl (C=O) groups is 1. The molecule has 158 valence electrons. The van der Waals surface area contributed by atoms with Crippen LogP contribution in [0, 0.1) is 33.6 Å². The summed E-state index contributed by atoms with van der Waals surface area (Å²) in [5, 5.41) is 3.77. The lowest BCUT2D eigenvalue weighted by molar-refractivity contribution is -0.123. The highest BCUT2D eigenvalue weighted by molar-refractivity contribution is 7.89. The lowest BCUT2D eigenvalue weighted by Crippen LogP contribution is -2.47. The number of sulfonamides is 1. The van der Waals surface area contributed by atoms with Gasteiger partial charge in [-0.15, -0.1) is 0 Å². The molecule has 0 radical (unpaired) electrons. The maximum Gasteiger partial charge on any atom is 0.248 e. The fourth-order valence-corrected chi connectivity index (χ4v) is 5.94. The quantitative estimate of drug-likeness (QED) is 0.742. The van der Waals surface area contributed by atoms with E-state index in [0.717, 1.165) is 16.8 Å². The van der Waals surface area contributed by atoms with Crippen molar-refractivity contribution in [3.8, 4) is 0 Å². The summed E-state index contributed by atoms with van der Waals surface area (Å²) in [6.45, 7) is 10.3. The number of amides is 1. The summed E-state index contributed by atoms with van der Waals surface area (Å²) in [6.07, 6.45) is 1.32. The topological polar surface area (TPSA) is 83.7 Å². The molecule has 1 fully saturated rings. The minimum atomic E-state index is -3.75. The van der Waals surface area contributed by atoms with Crippen LogP contribution in [0.15, 0.2) is 27.6 Å². The van der Waals surface area contributed by atoms with E-state index in [9.17, 15) is 13.2 Å². The molecule has 2 aromatic rings. The van der Waals surface area contributed by atoms with Gasteiger partial charge in [0.2, 0.25) is 15.9 Å². The van der Waals surface area contributed by atoms with Gasteiger partial charge in [0.15, 0.2) is 5.76 Å². The number of aryl methyl sites for hydroxylation is 4. The lowest BCUT2D eigenvalue weighted by Gasteiger charge is -2.34. The van der Waals surface area contributed by atoms with Gasteiger partial charge in [0.25, 0.3) is 0 Å². The Morgan fingerprint density at radius 2 is 1.86 bits per heavy atom. The number of anilines is 1. The van der Waals surface area contributed by atoms with Gasteiger partial charge in [0.05, 0.1) is 5.92 Å². The first-order chi connectivity index (χ1) is 13.6. The van der Waals surface area contributed by atoms with Crippen LogP contribution in [0.1, 0.15) is 42.3 Å². The Kier molecular flexibility index (Phi) is 6.14. The molecular formula is C21H29N3O4S. The predicted molar refractivity (Wildman–Crippen MR) is 111 cm³/mol. The van der Waals surface area contributed by atoms with E-state index < -0.39 is 10.0 Å². The average Bonchev–Trinajstić information content (AvgIpc) is 3.00. The zero-order chi connectivity index (χ0) is 21.3. The van der Waals surface area contributed by atoms with E-state index in [0.29, 0.717) is 31.6 Å². The standard InChI is InChI=1S/C21H29N3O4S/c1-6-24(19-11-14(2)10-15(3)12-19)21(25)18-8-7-9-23(13-18)29(26,27)20-16(4)22-28-17(20)5/h10-12,18H,6-9,13H2,1-5H3. The molecule has 1 aliphatic rings. The lowest BCUT2D eigenvalue weighted by atomic mass is 9.97. The first kappa shape index (κ1) is 21.5. The molecule has 0 N–H and O–H groups in total. The third kappa shape index (κ3) is 4.23. The Morgan fingerprint density at radius 3 is 2.41 bits per heavy atom. The monoisotopic (exact) mass is 419 g/mol. The number of aromatic nitrogens is 1. The summed E-state index contributed by atoms with van der Waals surface area (Å²) in [5.74, 6) is -0.128. The molecule has 8 heteroatoms. The molecule has 1 amide bonds. The van der Waals surface area contributed by atoms with Crippen LogP contribution < -0.4 is 4.90 Å². The maximum atomic E-state index is 13.3. The van der Waals surface area contributed by atoms with Gasteiger partial charge >= 0.3 is 0 Å². The van der Waals surface area contributed by atoms with Crippen molar-refractivity contribution in [2.75, 3.05) is 24.5 Å². The minimum absolute atomic E-state index is 0.0313. The molecular weight excluding hydrogens is 390 g/mol. The molecule has 0 saturated carbocycles. The first-order valence-electron chi connectivity index (χ1n) is 9.97. The number of carbonyl (C=O) groups excluding carboxylic acids is 1. The fourth-order valence-electron chi connectivity index (χ4n) is 4.13. The largest absolute Gasteiger partial charge is 0.360 e. The van der Waals surface area contributed by atoms with Crippen LogP contribution in [0.5, 0.6) is 0 Å². The van der Waals surface area contributed by atoms with Crippen LogP contribution in [0.4, 0.5) is 5.69 Å². The van der Waals surface area contributed by atoms with E-state index in [4.69, 9.17) is 4.52 Å². The summed E-state index contributed by atoms with van der Waals surface area (Å²) < 4.78 is 32.8. The van der Waals surface area contributed by atoms with Gasteiger partial charge in [-0.1, -0.05) is 11.2 Å².